The number of anilines is 1. The summed E-state index contributed by atoms with van der Waals surface area (Å²) < 4.78 is 10.6. The van der Waals surface area contributed by atoms with Crippen LogP contribution in [-0.2, 0) is 9.59 Å². The van der Waals surface area contributed by atoms with Crippen molar-refractivity contribution in [1.29, 1.82) is 0 Å². The number of carbonyl (C=O) groups excluding carboxylic acids is 2. The van der Waals surface area contributed by atoms with Crippen molar-refractivity contribution in [1.82, 2.24) is 5.43 Å². The van der Waals surface area contributed by atoms with Crippen LogP contribution in [0.1, 0.15) is 29.5 Å². The van der Waals surface area contributed by atoms with E-state index in [1.165, 1.54) is 13.3 Å². The normalized spacial score (nSPS) is 10.3. The molecule has 0 radical (unpaired) electrons. The largest absolute Gasteiger partial charge is 0.493 e. The molecule has 156 valence electrons. The highest BCUT2D eigenvalue weighted by atomic mass is 16.5. The van der Waals surface area contributed by atoms with E-state index in [-0.39, 0.29) is 31.3 Å². The molecule has 2 rings (SSSR count). The standard InChI is InChI=1S/C23H25N3O4/c1-5-12-30-20-9-8-18(14-21(20)29-4)15-24-26-23(28)11-10-22(27)25-19-13-16(2)6-7-17(19)3/h1,6-9,13-15H,10-12H2,2-4H3,(H,25,27)(H,26,28). The molecular formula is C23H25N3O4. The molecule has 2 N–H and O–H groups in total. The number of carbonyl (C=O) groups is 2. The van der Waals surface area contributed by atoms with E-state index < -0.39 is 0 Å². The maximum absolute atomic E-state index is 12.1. The first-order chi connectivity index (χ1) is 14.4. The Bertz CT molecular complexity index is 977. The average molecular weight is 407 g/mol. The lowest BCUT2D eigenvalue weighted by Gasteiger charge is -2.09. The van der Waals surface area contributed by atoms with Gasteiger partial charge in [0, 0.05) is 18.5 Å². The topological polar surface area (TPSA) is 89.0 Å². The Labute approximate surface area is 176 Å². The van der Waals surface area contributed by atoms with Crippen molar-refractivity contribution in [2.24, 2.45) is 5.10 Å². The van der Waals surface area contributed by atoms with Crippen molar-refractivity contribution in [2.45, 2.75) is 26.7 Å². The lowest BCUT2D eigenvalue weighted by molar-refractivity contribution is -0.124. The lowest BCUT2D eigenvalue weighted by Crippen LogP contribution is -2.21. The van der Waals surface area contributed by atoms with Crippen molar-refractivity contribution in [3.8, 4) is 23.8 Å². The van der Waals surface area contributed by atoms with Crippen LogP contribution in [0.25, 0.3) is 0 Å². The van der Waals surface area contributed by atoms with Crippen LogP contribution < -0.4 is 20.2 Å². The lowest BCUT2D eigenvalue weighted by atomic mass is 10.1. The Hall–Kier alpha value is -3.79. The summed E-state index contributed by atoms with van der Waals surface area (Å²) in [4.78, 5) is 24.0. The Morgan fingerprint density at radius 1 is 1.10 bits per heavy atom. The molecule has 0 aliphatic rings. The molecule has 0 unspecified atom stereocenters. The van der Waals surface area contributed by atoms with Crippen molar-refractivity contribution >= 4 is 23.7 Å². The Morgan fingerprint density at radius 3 is 2.60 bits per heavy atom. The number of benzene rings is 2. The number of hydrogen-bond donors (Lipinski definition) is 2. The highest BCUT2D eigenvalue weighted by Gasteiger charge is 2.09. The Balaban J connectivity index is 1.82. The number of ether oxygens (including phenoxy) is 2. The summed E-state index contributed by atoms with van der Waals surface area (Å²) in [5.74, 6) is 2.83. The fourth-order valence-corrected chi connectivity index (χ4v) is 2.55. The number of methoxy groups -OCH3 is 1. The Morgan fingerprint density at radius 2 is 1.87 bits per heavy atom. The minimum absolute atomic E-state index is 0.0240. The van der Waals surface area contributed by atoms with Gasteiger partial charge in [0.15, 0.2) is 11.5 Å². The van der Waals surface area contributed by atoms with E-state index in [0.29, 0.717) is 17.1 Å². The predicted molar refractivity (Wildman–Crippen MR) is 117 cm³/mol. The molecule has 2 amide bonds. The molecule has 0 aromatic heterocycles. The third-order valence-corrected chi connectivity index (χ3v) is 4.15. The first-order valence-corrected chi connectivity index (χ1v) is 9.36. The molecule has 0 bridgehead atoms. The molecule has 0 atom stereocenters. The molecule has 0 fully saturated rings. The van der Waals surface area contributed by atoms with E-state index in [0.717, 1.165) is 16.8 Å². The molecule has 0 spiro atoms. The molecule has 2 aromatic rings. The summed E-state index contributed by atoms with van der Waals surface area (Å²) in [7, 11) is 1.52. The third kappa shape index (κ3) is 6.99. The van der Waals surface area contributed by atoms with Crippen LogP contribution in [0.5, 0.6) is 11.5 Å². The van der Waals surface area contributed by atoms with E-state index in [4.69, 9.17) is 15.9 Å². The zero-order valence-electron chi connectivity index (χ0n) is 17.3. The fraction of sp³-hybridized carbons (Fsp3) is 0.261. The number of hydrogen-bond acceptors (Lipinski definition) is 5. The van der Waals surface area contributed by atoms with E-state index in [9.17, 15) is 9.59 Å². The van der Waals surface area contributed by atoms with Gasteiger partial charge in [-0.3, -0.25) is 9.59 Å². The molecule has 2 aromatic carbocycles. The second-order valence-corrected chi connectivity index (χ2v) is 6.56. The van der Waals surface area contributed by atoms with Crippen LogP contribution in [0.2, 0.25) is 0 Å². The molecule has 0 heterocycles. The van der Waals surface area contributed by atoms with Gasteiger partial charge in [0.05, 0.1) is 13.3 Å². The minimum Gasteiger partial charge on any atom is -0.493 e. The zero-order valence-corrected chi connectivity index (χ0v) is 17.3. The number of amides is 2. The van der Waals surface area contributed by atoms with Crippen LogP contribution in [0.3, 0.4) is 0 Å². The molecule has 30 heavy (non-hydrogen) atoms. The molecule has 0 saturated heterocycles. The first kappa shape index (κ1) is 22.5. The predicted octanol–water partition coefficient (Wildman–Crippen LogP) is 3.19. The van der Waals surface area contributed by atoms with Gasteiger partial charge in [-0.2, -0.15) is 5.10 Å². The maximum Gasteiger partial charge on any atom is 0.240 e. The van der Waals surface area contributed by atoms with Gasteiger partial charge in [0.2, 0.25) is 11.8 Å². The maximum atomic E-state index is 12.1. The highest BCUT2D eigenvalue weighted by molar-refractivity contribution is 5.94. The van der Waals surface area contributed by atoms with Gasteiger partial charge in [-0.15, -0.1) is 6.42 Å². The van der Waals surface area contributed by atoms with Gasteiger partial charge in [0.1, 0.15) is 6.61 Å². The minimum atomic E-state index is -0.358. The van der Waals surface area contributed by atoms with Gasteiger partial charge in [-0.05, 0) is 54.8 Å². The highest BCUT2D eigenvalue weighted by Crippen LogP contribution is 2.27. The molecule has 0 saturated carbocycles. The van der Waals surface area contributed by atoms with E-state index in [1.54, 1.807) is 18.2 Å². The number of nitrogens with zero attached hydrogens (tertiary/aromatic N) is 1. The second kappa shape index (κ2) is 11.3. The summed E-state index contributed by atoms with van der Waals surface area (Å²) in [6.45, 7) is 4.00. The van der Waals surface area contributed by atoms with Crippen LogP contribution in [0.4, 0.5) is 5.69 Å². The van der Waals surface area contributed by atoms with Crippen LogP contribution in [0, 0.1) is 26.2 Å². The van der Waals surface area contributed by atoms with E-state index >= 15 is 0 Å². The van der Waals surface area contributed by atoms with Gasteiger partial charge in [0.25, 0.3) is 0 Å². The van der Waals surface area contributed by atoms with Gasteiger partial charge in [-0.25, -0.2) is 5.43 Å². The molecule has 7 heteroatoms. The summed E-state index contributed by atoms with van der Waals surface area (Å²) in [6.07, 6.45) is 6.74. The summed E-state index contributed by atoms with van der Waals surface area (Å²) in [6, 6.07) is 11.0. The number of nitrogens with one attached hydrogen (secondary N) is 2. The van der Waals surface area contributed by atoms with Crippen LogP contribution in [0.15, 0.2) is 41.5 Å². The summed E-state index contributed by atoms with van der Waals surface area (Å²) >= 11 is 0. The monoisotopic (exact) mass is 407 g/mol. The van der Waals surface area contributed by atoms with Crippen molar-refractivity contribution in [3.05, 3.63) is 53.1 Å². The van der Waals surface area contributed by atoms with Crippen molar-refractivity contribution in [3.63, 3.8) is 0 Å². The van der Waals surface area contributed by atoms with Gasteiger partial charge < -0.3 is 14.8 Å². The van der Waals surface area contributed by atoms with Crippen LogP contribution in [-0.4, -0.2) is 31.7 Å². The summed E-state index contributed by atoms with van der Waals surface area (Å²) in [5.41, 5.74) is 5.88. The zero-order chi connectivity index (χ0) is 21.9. The smallest absolute Gasteiger partial charge is 0.240 e. The number of aryl methyl sites for hydroxylation is 2. The molecule has 0 aliphatic carbocycles. The summed E-state index contributed by atoms with van der Waals surface area (Å²) in [5, 5.41) is 6.74. The molecular weight excluding hydrogens is 382 g/mol. The first-order valence-electron chi connectivity index (χ1n) is 9.36. The van der Waals surface area contributed by atoms with Gasteiger partial charge in [-0.1, -0.05) is 18.1 Å². The Kier molecular flexibility index (Phi) is 8.45. The SMILES string of the molecule is C#CCOc1ccc(C=NNC(=O)CCC(=O)Nc2cc(C)ccc2C)cc1OC. The van der Waals surface area contributed by atoms with E-state index in [2.05, 4.69) is 21.8 Å². The third-order valence-electron chi connectivity index (χ3n) is 4.15. The molecule has 0 aliphatic heterocycles. The average Bonchev–Trinajstić information content (AvgIpc) is 2.73. The number of rotatable bonds is 9. The second-order valence-electron chi connectivity index (χ2n) is 6.56. The van der Waals surface area contributed by atoms with Crippen molar-refractivity contribution in [2.75, 3.05) is 19.0 Å². The van der Waals surface area contributed by atoms with Crippen LogP contribution >= 0.6 is 0 Å². The van der Waals surface area contributed by atoms with E-state index in [1.807, 2.05) is 32.0 Å². The van der Waals surface area contributed by atoms with Gasteiger partial charge >= 0.3 is 0 Å². The number of hydrazone groups is 1. The van der Waals surface area contributed by atoms with Crippen molar-refractivity contribution < 1.29 is 19.1 Å². The molecule has 7 nitrogen and oxygen atoms in total. The number of terminal acetylenes is 1. The quantitative estimate of drug-likeness (QED) is 0.380. The fourth-order valence-electron chi connectivity index (χ4n) is 2.55.